The molecule has 1 heterocycles. The van der Waals surface area contributed by atoms with Gasteiger partial charge in [-0.3, -0.25) is 4.99 Å². The highest BCUT2D eigenvalue weighted by atomic mass is 35.5. The van der Waals surface area contributed by atoms with Crippen LogP contribution in [0.25, 0.3) is 0 Å². The van der Waals surface area contributed by atoms with Crippen LogP contribution in [-0.2, 0) is 0 Å². The molecule has 1 aliphatic rings. The van der Waals surface area contributed by atoms with Crippen LogP contribution in [0, 0.1) is 0 Å². The number of hydrogen-bond donors (Lipinski definition) is 2. The van der Waals surface area contributed by atoms with E-state index in [0.717, 1.165) is 0 Å². The van der Waals surface area contributed by atoms with Gasteiger partial charge in [-0.05, 0) is 20.8 Å². The summed E-state index contributed by atoms with van der Waals surface area (Å²) in [6.07, 6.45) is -0.687. The van der Waals surface area contributed by atoms with Gasteiger partial charge in [0.1, 0.15) is 17.0 Å². The van der Waals surface area contributed by atoms with Crippen molar-refractivity contribution in [1.29, 1.82) is 0 Å². The maximum absolute atomic E-state index is 9.48. The predicted molar refractivity (Wildman–Crippen MR) is 58.8 cm³/mol. The number of aliphatic hydroxyl groups excluding tert-OH is 1. The molecular weight excluding hydrogens is 202 g/mol. The number of nitrogens with two attached hydrogens (primary N) is 1. The van der Waals surface area contributed by atoms with Gasteiger partial charge >= 0.3 is 0 Å². The monoisotopic (exact) mass is 215 g/mol. The van der Waals surface area contributed by atoms with Crippen molar-refractivity contribution >= 4 is 22.6 Å². The summed E-state index contributed by atoms with van der Waals surface area (Å²) in [5.41, 5.74) is 6.82. The van der Waals surface area contributed by atoms with E-state index in [1.165, 1.54) is 0 Å². The number of hydrogen-bond acceptors (Lipinski definition) is 4. The molecule has 4 nitrogen and oxygen atoms in total. The first-order valence-corrected chi connectivity index (χ1v) is 4.77. The third-order valence-electron chi connectivity index (χ3n) is 2.06. The minimum absolute atomic E-state index is 0.242. The van der Waals surface area contributed by atoms with Crippen molar-refractivity contribution in [2.24, 2.45) is 15.7 Å². The van der Waals surface area contributed by atoms with E-state index in [9.17, 15) is 5.11 Å². The van der Waals surface area contributed by atoms with Gasteiger partial charge in [0, 0.05) is 11.3 Å². The molecule has 0 radical (unpaired) electrons. The summed E-state index contributed by atoms with van der Waals surface area (Å²) in [5.74, 6) is 0.413. The van der Waals surface area contributed by atoms with Crippen LogP contribution in [0.2, 0.25) is 0 Å². The summed E-state index contributed by atoms with van der Waals surface area (Å²) in [7, 11) is 0. The SMILES string of the molecule is CC1=C(C(C)O)C(Cl)=NC(C)C(N)=N1. The number of nitrogens with zero attached hydrogens (tertiary/aromatic N) is 2. The Bertz CT molecular complexity index is 331. The molecule has 2 unspecified atom stereocenters. The Hall–Kier alpha value is -0.870. The fourth-order valence-electron chi connectivity index (χ4n) is 1.28. The van der Waals surface area contributed by atoms with Crippen molar-refractivity contribution in [2.75, 3.05) is 0 Å². The predicted octanol–water partition coefficient (Wildman–Crippen LogP) is 1.04. The lowest BCUT2D eigenvalue weighted by atomic mass is 10.1. The quantitative estimate of drug-likeness (QED) is 0.686. The van der Waals surface area contributed by atoms with Gasteiger partial charge in [0.25, 0.3) is 0 Å². The molecule has 14 heavy (non-hydrogen) atoms. The normalized spacial score (nSPS) is 25.4. The van der Waals surface area contributed by atoms with E-state index in [4.69, 9.17) is 17.3 Å². The Labute approximate surface area is 88.2 Å². The van der Waals surface area contributed by atoms with E-state index >= 15 is 0 Å². The van der Waals surface area contributed by atoms with E-state index in [2.05, 4.69) is 9.98 Å². The number of allylic oxidation sites excluding steroid dienone is 1. The first-order valence-electron chi connectivity index (χ1n) is 4.40. The second-order valence-corrected chi connectivity index (χ2v) is 3.67. The summed E-state index contributed by atoms with van der Waals surface area (Å²) >= 11 is 5.94. The van der Waals surface area contributed by atoms with Crippen LogP contribution in [0.4, 0.5) is 0 Å². The van der Waals surface area contributed by atoms with Gasteiger partial charge < -0.3 is 10.8 Å². The first-order chi connectivity index (χ1) is 6.43. The van der Waals surface area contributed by atoms with Gasteiger partial charge in [0.15, 0.2) is 0 Å². The Morgan fingerprint density at radius 1 is 1.57 bits per heavy atom. The van der Waals surface area contributed by atoms with Crippen LogP contribution < -0.4 is 5.73 Å². The van der Waals surface area contributed by atoms with Gasteiger partial charge in [-0.25, -0.2) is 4.99 Å². The Balaban J connectivity index is 3.24. The minimum Gasteiger partial charge on any atom is -0.389 e. The molecule has 3 N–H and O–H groups in total. The number of halogens is 1. The largest absolute Gasteiger partial charge is 0.389 e. The lowest BCUT2D eigenvalue weighted by molar-refractivity contribution is 0.237. The molecule has 5 heteroatoms. The van der Waals surface area contributed by atoms with E-state index in [0.29, 0.717) is 17.1 Å². The van der Waals surface area contributed by atoms with Gasteiger partial charge in [0.2, 0.25) is 0 Å². The zero-order valence-corrected chi connectivity index (χ0v) is 9.21. The molecule has 0 aromatic rings. The maximum atomic E-state index is 9.48. The van der Waals surface area contributed by atoms with Crippen molar-refractivity contribution in [3.05, 3.63) is 11.3 Å². The molecule has 78 valence electrons. The van der Waals surface area contributed by atoms with Gasteiger partial charge in [-0.15, -0.1) is 0 Å². The van der Waals surface area contributed by atoms with Crippen molar-refractivity contribution in [3.8, 4) is 0 Å². The third kappa shape index (κ3) is 2.13. The Morgan fingerprint density at radius 3 is 2.64 bits per heavy atom. The number of aliphatic hydroxyl groups is 1. The average Bonchev–Trinajstić information content (AvgIpc) is 2.09. The zero-order chi connectivity index (χ0) is 10.9. The van der Waals surface area contributed by atoms with Gasteiger partial charge in [-0.2, -0.15) is 0 Å². The minimum atomic E-state index is -0.687. The lowest BCUT2D eigenvalue weighted by Gasteiger charge is -2.09. The van der Waals surface area contributed by atoms with Crippen LogP contribution >= 0.6 is 11.6 Å². The summed E-state index contributed by atoms with van der Waals surface area (Å²) in [6.45, 7) is 5.18. The zero-order valence-electron chi connectivity index (χ0n) is 8.45. The van der Waals surface area contributed by atoms with Gasteiger partial charge in [0.05, 0.1) is 6.10 Å². The van der Waals surface area contributed by atoms with Crippen molar-refractivity contribution < 1.29 is 5.11 Å². The molecule has 0 fully saturated rings. The second-order valence-electron chi connectivity index (χ2n) is 3.31. The molecule has 0 amide bonds. The van der Waals surface area contributed by atoms with Crippen molar-refractivity contribution in [2.45, 2.75) is 32.9 Å². The summed E-state index contributed by atoms with van der Waals surface area (Å²) in [5, 5.41) is 9.77. The fourth-order valence-corrected chi connectivity index (χ4v) is 1.72. The first kappa shape index (κ1) is 11.2. The molecule has 0 aromatic carbocycles. The third-order valence-corrected chi connectivity index (χ3v) is 2.36. The van der Waals surface area contributed by atoms with Crippen molar-refractivity contribution in [1.82, 2.24) is 0 Å². The van der Waals surface area contributed by atoms with Crippen LogP contribution in [0.5, 0.6) is 0 Å². The van der Waals surface area contributed by atoms with E-state index in [1.54, 1.807) is 20.8 Å². The molecular formula is C9H14ClN3O. The Morgan fingerprint density at radius 2 is 2.14 bits per heavy atom. The number of amidine groups is 1. The Kier molecular flexibility index (Phi) is 3.29. The van der Waals surface area contributed by atoms with E-state index < -0.39 is 6.10 Å². The summed E-state index contributed by atoms with van der Waals surface area (Å²) in [4.78, 5) is 8.24. The number of aliphatic imine (C=N–C) groups is 2. The molecule has 0 bridgehead atoms. The highest BCUT2D eigenvalue weighted by Crippen LogP contribution is 2.19. The van der Waals surface area contributed by atoms with Crippen LogP contribution in [0.3, 0.4) is 0 Å². The van der Waals surface area contributed by atoms with Crippen LogP contribution in [0.1, 0.15) is 20.8 Å². The second kappa shape index (κ2) is 4.11. The summed E-state index contributed by atoms with van der Waals surface area (Å²) in [6, 6.07) is -0.242. The molecule has 0 spiro atoms. The molecule has 0 saturated carbocycles. The molecule has 1 rings (SSSR count). The van der Waals surface area contributed by atoms with Crippen LogP contribution in [-0.4, -0.2) is 28.3 Å². The smallest absolute Gasteiger partial charge is 0.131 e. The molecule has 0 aromatic heterocycles. The van der Waals surface area contributed by atoms with E-state index in [1.807, 2.05) is 0 Å². The lowest BCUT2D eigenvalue weighted by Crippen LogP contribution is -2.24. The highest BCUT2D eigenvalue weighted by Gasteiger charge is 2.19. The van der Waals surface area contributed by atoms with Crippen LogP contribution in [0.15, 0.2) is 21.3 Å². The molecule has 0 saturated heterocycles. The molecule has 0 aliphatic carbocycles. The summed E-state index contributed by atoms with van der Waals surface area (Å²) < 4.78 is 0. The maximum Gasteiger partial charge on any atom is 0.131 e. The molecule has 1 aliphatic heterocycles. The topological polar surface area (TPSA) is 71.0 Å². The van der Waals surface area contributed by atoms with Crippen molar-refractivity contribution in [3.63, 3.8) is 0 Å². The highest BCUT2D eigenvalue weighted by molar-refractivity contribution is 6.70. The fraction of sp³-hybridized carbons (Fsp3) is 0.556. The van der Waals surface area contributed by atoms with E-state index in [-0.39, 0.29) is 11.2 Å². The standard InChI is InChI=1S/C9H14ClN3O/c1-4-7(6(3)14)8(10)12-5(2)9(11)13-4/h5-6,14H,1-3H3,(H2,11,13). The number of rotatable bonds is 1. The van der Waals surface area contributed by atoms with Gasteiger partial charge in [-0.1, -0.05) is 11.6 Å². The average molecular weight is 216 g/mol. The molecule has 2 atom stereocenters.